The molecule has 0 spiro atoms. The number of allylic oxidation sites excluding steroid dienone is 2. The maximum absolute atomic E-state index is 4.56. The smallest absolute Gasteiger partial charge is 0.672 e. The van der Waals surface area contributed by atoms with E-state index in [-0.39, 0.29) is 39.9 Å². The summed E-state index contributed by atoms with van der Waals surface area (Å²) in [6, 6.07) is 60.0. The molecule has 261 valence electrons. The van der Waals surface area contributed by atoms with Gasteiger partial charge in [-0.2, -0.15) is 0 Å². The van der Waals surface area contributed by atoms with Crippen LogP contribution in [0.4, 0.5) is 0 Å². The summed E-state index contributed by atoms with van der Waals surface area (Å²) in [7, 11) is -1.08. The molecule has 0 aromatic heterocycles. The van der Waals surface area contributed by atoms with Crippen LogP contribution >= 0.6 is 0 Å². The van der Waals surface area contributed by atoms with E-state index in [0.29, 0.717) is 11.8 Å². The van der Waals surface area contributed by atoms with Crippen LogP contribution in [-0.4, -0.2) is 17.9 Å². The van der Waals surface area contributed by atoms with Gasteiger partial charge >= 0.3 is 39.9 Å². The van der Waals surface area contributed by atoms with Crippen molar-refractivity contribution in [2.45, 2.75) is 50.9 Å². The summed E-state index contributed by atoms with van der Waals surface area (Å²) >= 11 is 0. The zero-order valence-electron chi connectivity index (χ0n) is 30.7. The molecule has 52 heavy (non-hydrogen) atoms. The van der Waals surface area contributed by atoms with Gasteiger partial charge in [0.05, 0.1) is 0 Å². The molecule has 0 aliphatic heterocycles. The summed E-state index contributed by atoms with van der Waals surface area (Å²) in [5, 5.41) is 0. The van der Waals surface area contributed by atoms with Crippen molar-refractivity contribution in [1.29, 1.82) is 0 Å². The minimum absolute atomic E-state index is 0. The fourth-order valence-corrected chi connectivity index (χ4v) is 11.9. The van der Waals surface area contributed by atoms with E-state index in [2.05, 4.69) is 213 Å². The number of hydrogen-bond acceptors (Lipinski definition) is 0. The molecular formula is C48H48GdNSi2. The molecule has 1 radical (unpaired) electrons. The Hall–Kier alpha value is -3.48. The molecule has 2 atom stereocenters. The van der Waals surface area contributed by atoms with E-state index in [1.165, 1.54) is 55.7 Å². The average Bonchev–Trinajstić information content (AvgIpc) is 3.71. The third-order valence-corrected chi connectivity index (χ3v) is 14.0. The summed E-state index contributed by atoms with van der Waals surface area (Å²) in [4.78, 5) is 0. The normalized spacial score (nSPS) is 15.2. The van der Waals surface area contributed by atoms with Crippen molar-refractivity contribution in [2.24, 2.45) is 0 Å². The standard InChI is InChI=1S/2C22H17.C4H14NSi2.Gd/c2*1-3-9-17(10-4-1)15-22-20-14-8-7-13-19(20)16-21(22)18-11-5-2-6-12-18;1-6(2)5-7(3)4;/h2*1-14,22H,15H2;6-7H,1-4H3;/q3*-1;+3. The molecule has 0 saturated carbocycles. The number of rotatable bonds is 8. The van der Waals surface area contributed by atoms with E-state index >= 15 is 0 Å². The molecule has 4 heteroatoms. The molecule has 0 heterocycles. The first-order valence-electron chi connectivity index (χ1n) is 18.3. The van der Waals surface area contributed by atoms with Crippen molar-refractivity contribution in [3.63, 3.8) is 0 Å². The van der Waals surface area contributed by atoms with Gasteiger partial charge in [-0.05, 0) is 35.8 Å². The minimum Gasteiger partial charge on any atom is -0.672 e. The van der Waals surface area contributed by atoms with Crippen LogP contribution in [0.1, 0.15) is 56.3 Å². The SMILES string of the molecule is C[SiH](C)[N-][SiH](C)C.[C-]1=C(c2ccccc2)C(Cc2ccccc2)c2ccccc21.[C-]1=C(c2ccccc2)C(Cc2ccccc2)c2ccccc21.[Gd+3]. The summed E-state index contributed by atoms with van der Waals surface area (Å²) in [5.41, 5.74) is 13.2. The van der Waals surface area contributed by atoms with Gasteiger partial charge in [-0.15, -0.1) is 82.0 Å². The van der Waals surface area contributed by atoms with Crippen LogP contribution in [0.25, 0.3) is 15.8 Å². The van der Waals surface area contributed by atoms with Gasteiger partial charge in [0.2, 0.25) is 0 Å². The Labute approximate surface area is 348 Å². The molecule has 2 aliphatic carbocycles. The summed E-state index contributed by atoms with van der Waals surface area (Å²) < 4.78 is 4.56. The number of fused-ring (bicyclic) bond motifs is 2. The van der Waals surface area contributed by atoms with Crippen molar-refractivity contribution in [3.05, 3.63) is 231 Å². The quantitative estimate of drug-likeness (QED) is 0.107. The van der Waals surface area contributed by atoms with Gasteiger partial charge in [-0.25, -0.2) is 0 Å². The first kappa shape index (κ1) is 39.7. The molecule has 0 saturated heterocycles. The predicted molar refractivity (Wildman–Crippen MR) is 224 cm³/mol. The topological polar surface area (TPSA) is 14.1 Å². The van der Waals surface area contributed by atoms with Crippen LogP contribution < -0.4 is 0 Å². The van der Waals surface area contributed by atoms with Gasteiger partial charge in [0.1, 0.15) is 0 Å². The molecule has 0 amide bonds. The Morgan fingerprint density at radius 3 is 1.06 bits per heavy atom. The molecule has 6 aromatic carbocycles. The van der Waals surface area contributed by atoms with Crippen molar-refractivity contribution in [3.8, 4) is 0 Å². The Kier molecular flexibility index (Phi) is 15.4. The van der Waals surface area contributed by atoms with E-state index in [4.69, 9.17) is 0 Å². The molecule has 2 unspecified atom stereocenters. The zero-order valence-corrected chi connectivity index (χ0v) is 35.3. The van der Waals surface area contributed by atoms with E-state index < -0.39 is 17.9 Å². The first-order chi connectivity index (χ1) is 25.0. The molecule has 1 nitrogen and oxygen atoms in total. The van der Waals surface area contributed by atoms with Gasteiger partial charge < -0.3 is 4.65 Å². The molecule has 0 bridgehead atoms. The van der Waals surface area contributed by atoms with Gasteiger partial charge in [-0.1, -0.05) is 189 Å². The second-order valence-corrected chi connectivity index (χ2v) is 19.4. The molecule has 2 aliphatic rings. The van der Waals surface area contributed by atoms with Crippen LogP contribution in [0.3, 0.4) is 0 Å². The average molecular weight is 852 g/mol. The fourth-order valence-electron chi connectivity index (χ4n) is 7.11. The number of hydrogen-bond donors (Lipinski definition) is 0. The Morgan fingerprint density at radius 2 is 0.731 bits per heavy atom. The Morgan fingerprint density at radius 1 is 0.423 bits per heavy atom. The van der Waals surface area contributed by atoms with Crippen LogP contribution in [0.2, 0.25) is 26.2 Å². The number of nitrogens with zero attached hydrogens (tertiary/aromatic N) is 1. The summed E-state index contributed by atoms with van der Waals surface area (Å²) in [6.45, 7) is 9.08. The van der Waals surface area contributed by atoms with E-state index in [1.54, 1.807) is 0 Å². The summed E-state index contributed by atoms with van der Waals surface area (Å²) in [6.07, 6.45) is 9.32. The third kappa shape index (κ3) is 10.8. The monoisotopic (exact) mass is 852 g/mol. The Bertz CT molecular complexity index is 1880. The number of benzene rings is 6. The van der Waals surface area contributed by atoms with E-state index in [9.17, 15) is 0 Å². The van der Waals surface area contributed by atoms with Crippen molar-refractivity contribution in [1.82, 2.24) is 0 Å². The van der Waals surface area contributed by atoms with Crippen LogP contribution in [-0.2, 0) is 12.8 Å². The van der Waals surface area contributed by atoms with Crippen LogP contribution in [0.5, 0.6) is 0 Å². The fraction of sp³-hybridized carbons (Fsp3) is 0.167. The van der Waals surface area contributed by atoms with Crippen LogP contribution in [0, 0.1) is 52.1 Å². The predicted octanol–water partition coefficient (Wildman–Crippen LogP) is 11.8. The van der Waals surface area contributed by atoms with Crippen molar-refractivity contribution in [2.75, 3.05) is 0 Å². The summed E-state index contributed by atoms with van der Waals surface area (Å²) in [5.74, 6) is 0.780. The van der Waals surface area contributed by atoms with E-state index in [1.807, 2.05) is 0 Å². The maximum Gasteiger partial charge on any atom is 3.00 e. The largest absolute Gasteiger partial charge is 3.00 e. The Balaban J connectivity index is 0.000000168. The van der Waals surface area contributed by atoms with Crippen LogP contribution in [0.15, 0.2) is 170 Å². The first-order valence-corrected chi connectivity index (χ1v) is 24.0. The van der Waals surface area contributed by atoms with Gasteiger partial charge in [0.15, 0.2) is 0 Å². The molecule has 0 fully saturated rings. The molecule has 0 N–H and O–H groups in total. The van der Waals surface area contributed by atoms with Crippen molar-refractivity contribution < 1.29 is 39.9 Å². The minimum atomic E-state index is -0.542. The second-order valence-electron chi connectivity index (χ2n) is 13.8. The van der Waals surface area contributed by atoms with Gasteiger partial charge in [0, 0.05) is 0 Å². The van der Waals surface area contributed by atoms with Crippen molar-refractivity contribution >= 4 is 29.1 Å². The zero-order chi connectivity index (χ0) is 35.4. The molecular weight excluding hydrogens is 804 g/mol. The molecule has 6 aromatic rings. The van der Waals surface area contributed by atoms with E-state index in [0.717, 1.165) is 12.8 Å². The maximum atomic E-state index is 4.56. The molecule has 8 rings (SSSR count). The third-order valence-electron chi connectivity index (χ3n) is 9.24. The second kappa shape index (κ2) is 20.1. The van der Waals surface area contributed by atoms with Gasteiger partial charge in [-0.3, -0.25) is 0 Å². The van der Waals surface area contributed by atoms with Gasteiger partial charge in [0.25, 0.3) is 0 Å².